The Bertz CT molecular complexity index is 621. The number of piperidine rings is 1. The number of hydrogen-bond acceptors (Lipinski definition) is 4. The molecule has 1 aromatic carbocycles. The van der Waals surface area contributed by atoms with Crippen LogP contribution in [-0.4, -0.2) is 35.1 Å². The van der Waals surface area contributed by atoms with Crippen molar-refractivity contribution in [1.82, 2.24) is 14.9 Å². The van der Waals surface area contributed by atoms with Gasteiger partial charge < -0.3 is 4.74 Å². The number of halogens is 1. The van der Waals surface area contributed by atoms with Crippen LogP contribution in [0.25, 0.3) is 0 Å². The van der Waals surface area contributed by atoms with E-state index in [2.05, 4.69) is 14.9 Å². The van der Waals surface area contributed by atoms with Gasteiger partial charge in [-0.3, -0.25) is 14.9 Å². The van der Waals surface area contributed by atoms with E-state index in [0.717, 1.165) is 31.6 Å². The molecule has 0 spiro atoms. The smallest absolute Gasteiger partial charge is 0.131 e. The molecule has 0 amide bonds. The van der Waals surface area contributed by atoms with E-state index in [9.17, 15) is 4.39 Å². The first-order valence-corrected chi connectivity index (χ1v) is 7.57. The summed E-state index contributed by atoms with van der Waals surface area (Å²) in [4.78, 5) is 10.8. The van der Waals surface area contributed by atoms with Crippen molar-refractivity contribution in [3.05, 3.63) is 53.9 Å². The Labute approximate surface area is 130 Å². The monoisotopic (exact) mass is 301 g/mol. The molecule has 0 bridgehead atoms. The fourth-order valence-electron chi connectivity index (χ4n) is 3.07. The molecule has 22 heavy (non-hydrogen) atoms. The van der Waals surface area contributed by atoms with Crippen molar-refractivity contribution in [1.29, 1.82) is 0 Å². The van der Waals surface area contributed by atoms with Crippen molar-refractivity contribution < 1.29 is 9.13 Å². The average molecular weight is 301 g/mol. The normalized spacial score (nSPS) is 19.1. The third-order valence-electron chi connectivity index (χ3n) is 4.18. The summed E-state index contributed by atoms with van der Waals surface area (Å²) in [5.74, 6) is 0.767. The van der Waals surface area contributed by atoms with Crippen LogP contribution >= 0.6 is 0 Å². The summed E-state index contributed by atoms with van der Waals surface area (Å²) < 4.78 is 19.4. The molecule has 1 saturated heterocycles. The fraction of sp³-hybridized carbons (Fsp3) is 0.412. The first-order chi connectivity index (χ1) is 10.8. The molecular weight excluding hydrogens is 281 g/mol. The summed E-state index contributed by atoms with van der Waals surface area (Å²) in [5.41, 5.74) is 1.65. The molecule has 1 aliphatic heterocycles. The van der Waals surface area contributed by atoms with E-state index in [1.807, 2.05) is 12.3 Å². The van der Waals surface area contributed by atoms with E-state index in [4.69, 9.17) is 4.74 Å². The molecule has 0 N–H and O–H groups in total. The zero-order chi connectivity index (χ0) is 15.4. The van der Waals surface area contributed by atoms with E-state index in [1.54, 1.807) is 25.6 Å². The molecule has 1 aliphatic rings. The quantitative estimate of drug-likeness (QED) is 0.870. The number of methoxy groups -OCH3 is 1. The lowest BCUT2D eigenvalue weighted by molar-refractivity contribution is 0.194. The van der Waals surface area contributed by atoms with Crippen molar-refractivity contribution in [3.8, 4) is 5.75 Å². The van der Waals surface area contributed by atoms with Gasteiger partial charge in [0.15, 0.2) is 0 Å². The van der Waals surface area contributed by atoms with Gasteiger partial charge in [-0.15, -0.1) is 0 Å². The second kappa shape index (κ2) is 6.83. The molecule has 2 aromatic rings. The summed E-state index contributed by atoms with van der Waals surface area (Å²) in [7, 11) is 1.58. The second-order valence-corrected chi connectivity index (χ2v) is 5.63. The van der Waals surface area contributed by atoms with E-state index >= 15 is 0 Å². The highest BCUT2D eigenvalue weighted by atomic mass is 19.1. The van der Waals surface area contributed by atoms with Crippen LogP contribution in [0.15, 0.2) is 36.8 Å². The maximum absolute atomic E-state index is 14.1. The van der Waals surface area contributed by atoms with Gasteiger partial charge in [-0.2, -0.15) is 0 Å². The van der Waals surface area contributed by atoms with Crippen molar-refractivity contribution in [2.24, 2.45) is 0 Å². The number of benzene rings is 1. The van der Waals surface area contributed by atoms with Gasteiger partial charge in [0.25, 0.3) is 0 Å². The molecule has 4 nitrogen and oxygen atoms in total. The summed E-state index contributed by atoms with van der Waals surface area (Å²) >= 11 is 0. The Morgan fingerprint density at radius 3 is 3.05 bits per heavy atom. The standard InChI is InChI=1S/C17H20FN3O/c1-22-17-6-2-5-15(18)14(17)12-21-9-3-4-13(11-21)16-10-19-7-8-20-16/h2,5-8,10,13H,3-4,9,11-12H2,1H3/t13-/m0/s1. The van der Waals surface area contributed by atoms with Crippen LogP contribution in [0.3, 0.4) is 0 Å². The Hall–Kier alpha value is -2.01. The van der Waals surface area contributed by atoms with E-state index in [-0.39, 0.29) is 5.82 Å². The molecule has 0 unspecified atom stereocenters. The van der Waals surface area contributed by atoms with E-state index in [0.29, 0.717) is 23.8 Å². The van der Waals surface area contributed by atoms with Gasteiger partial charge in [-0.25, -0.2) is 4.39 Å². The zero-order valence-corrected chi connectivity index (χ0v) is 12.7. The van der Waals surface area contributed by atoms with Crippen LogP contribution in [-0.2, 0) is 6.54 Å². The van der Waals surface area contributed by atoms with Crippen LogP contribution < -0.4 is 4.74 Å². The molecule has 116 valence electrons. The third-order valence-corrected chi connectivity index (χ3v) is 4.18. The molecule has 0 aliphatic carbocycles. The Morgan fingerprint density at radius 1 is 1.36 bits per heavy atom. The van der Waals surface area contributed by atoms with Gasteiger partial charge in [0, 0.05) is 43.2 Å². The summed E-state index contributed by atoms with van der Waals surface area (Å²) in [5, 5.41) is 0. The number of ether oxygens (including phenoxy) is 1. The third kappa shape index (κ3) is 3.25. The fourth-order valence-corrected chi connectivity index (χ4v) is 3.07. The van der Waals surface area contributed by atoms with Gasteiger partial charge in [0.2, 0.25) is 0 Å². The molecule has 0 radical (unpaired) electrons. The molecule has 1 aromatic heterocycles. The zero-order valence-electron chi connectivity index (χ0n) is 12.7. The molecule has 5 heteroatoms. The maximum Gasteiger partial charge on any atom is 0.131 e. The van der Waals surface area contributed by atoms with Crippen LogP contribution in [0, 0.1) is 5.82 Å². The van der Waals surface area contributed by atoms with Crippen LogP contribution in [0.5, 0.6) is 5.75 Å². The Kier molecular flexibility index (Phi) is 4.63. The summed E-state index contributed by atoms with van der Waals surface area (Å²) in [6.07, 6.45) is 7.43. The lowest BCUT2D eigenvalue weighted by Crippen LogP contribution is -2.34. The van der Waals surface area contributed by atoms with Gasteiger partial charge in [-0.05, 0) is 31.5 Å². The molecule has 1 fully saturated rings. The number of nitrogens with zero attached hydrogens (tertiary/aromatic N) is 3. The molecular formula is C17H20FN3O. The Balaban J connectivity index is 1.74. The van der Waals surface area contributed by atoms with Crippen molar-refractivity contribution in [3.63, 3.8) is 0 Å². The second-order valence-electron chi connectivity index (χ2n) is 5.63. The van der Waals surface area contributed by atoms with Crippen LogP contribution in [0.1, 0.15) is 30.0 Å². The number of rotatable bonds is 4. The molecule has 1 atom stereocenters. The summed E-state index contributed by atoms with van der Waals surface area (Å²) in [6.45, 7) is 2.40. The Morgan fingerprint density at radius 2 is 2.27 bits per heavy atom. The minimum absolute atomic E-state index is 0.207. The van der Waals surface area contributed by atoms with E-state index < -0.39 is 0 Å². The first kappa shape index (κ1) is 14.9. The number of likely N-dealkylation sites (tertiary alicyclic amines) is 1. The van der Waals surface area contributed by atoms with Gasteiger partial charge in [0.05, 0.1) is 12.8 Å². The van der Waals surface area contributed by atoms with Gasteiger partial charge in [-0.1, -0.05) is 6.07 Å². The number of aromatic nitrogens is 2. The molecule has 3 rings (SSSR count). The molecule has 0 saturated carbocycles. The highest BCUT2D eigenvalue weighted by Crippen LogP contribution is 2.28. The minimum Gasteiger partial charge on any atom is -0.496 e. The largest absolute Gasteiger partial charge is 0.496 e. The highest BCUT2D eigenvalue weighted by Gasteiger charge is 2.24. The SMILES string of the molecule is COc1cccc(F)c1CN1CCC[C@H](c2cnccn2)C1. The van der Waals surface area contributed by atoms with E-state index in [1.165, 1.54) is 6.07 Å². The molecule has 2 heterocycles. The lowest BCUT2D eigenvalue weighted by atomic mass is 9.94. The van der Waals surface area contributed by atoms with Crippen molar-refractivity contribution >= 4 is 0 Å². The minimum atomic E-state index is -0.207. The first-order valence-electron chi connectivity index (χ1n) is 7.57. The number of hydrogen-bond donors (Lipinski definition) is 0. The van der Waals surface area contributed by atoms with Crippen molar-refractivity contribution in [2.75, 3.05) is 20.2 Å². The van der Waals surface area contributed by atoms with Crippen LogP contribution in [0.2, 0.25) is 0 Å². The van der Waals surface area contributed by atoms with Gasteiger partial charge in [0.1, 0.15) is 11.6 Å². The van der Waals surface area contributed by atoms with Crippen LogP contribution in [0.4, 0.5) is 4.39 Å². The predicted octanol–water partition coefficient (Wildman–Crippen LogP) is 3.00. The maximum atomic E-state index is 14.1. The lowest BCUT2D eigenvalue weighted by Gasteiger charge is -2.32. The summed E-state index contributed by atoms with van der Waals surface area (Å²) in [6, 6.07) is 4.97. The highest BCUT2D eigenvalue weighted by molar-refractivity contribution is 5.34. The topological polar surface area (TPSA) is 38.2 Å². The average Bonchev–Trinajstić information content (AvgIpc) is 2.58. The van der Waals surface area contributed by atoms with Gasteiger partial charge >= 0.3 is 0 Å². The predicted molar refractivity (Wildman–Crippen MR) is 82.2 cm³/mol. The van der Waals surface area contributed by atoms with Crippen molar-refractivity contribution in [2.45, 2.75) is 25.3 Å².